The number of hydrogen-bond donors (Lipinski definition) is 2. The van der Waals surface area contributed by atoms with Gasteiger partial charge in [0.15, 0.2) is 11.5 Å². The van der Waals surface area contributed by atoms with Crippen LogP contribution in [0.1, 0.15) is 34.7 Å². The van der Waals surface area contributed by atoms with E-state index in [0.717, 1.165) is 5.56 Å². The second kappa shape index (κ2) is 8.66. The number of nitrogens with zero attached hydrogens (tertiary/aromatic N) is 3. The maximum Gasteiger partial charge on any atom is 0.251 e. The number of fused-ring (bicyclic) bond motifs is 1. The largest absolute Gasteiger partial charge is 0.345 e. The zero-order valence-corrected chi connectivity index (χ0v) is 17.6. The van der Waals surface area contributed by atoms with Crippen molar-refractivity contribution in [1.82, 2.24) is 24.6 Å². The van der Waals surface area contributed by atoms with Crippen LogP contribution in [0.2, 0.25) is 0 Å². The highest BCUT2D eigenvalue weighted by molar-refractivity contribution is 7.89. The van der Waals surface area contributed by atoms with Gasteiger partial charge in [-0.15, -0.1) is 10.2 Å². The van der Waals surface area contributed by atoms with Gasteiger partial charge < -0.3 is 5.32 Å². The molecule has 0 saturated heterocycles. The maximum atomic E-state index is 12.8. The van der Waals surface area contributed by atoms with E-state index in [-0.39, 0.29) is 17.0 Å². The van der Waals surface area contributed by atoms with E-state index < -0.39 is 22.0 Å². The van der Waals surface area contributed by atoms with Gasteiger partial charge in [0.2, 0.25) is 10.0 Å². The molecule has 8 nitrogen and oxygen atoms in total. The number of hydrogen-bond acceptors (Lipinski definition) is 5. The Bertz CT molecular complexity index is 1320. The van der Waals surface area contributed by atoms with Gasteiger partial charge in [-0.1, -0.05) is 42.5 Å². The second-order valence-electron chi connectivity index (χ2n) is 7.01. The molecule has 2 aromatic carbocycles. The van der Waals surface area contributed by atoms with Crippen LogP contribution in [-0.2, 0) is 16.6 Å². The number of aromatic nitrogens is 3. The molecule has 0 saturated carbocycles. The van der Waals surface area contributed by atoms with Gasteiger partial charge >= 0.3 is 0 Å². The first-order valence-corrected chi connectivity index (χ1v) is 11.2. The van der Waals surface area contributed by atoms with Crippen molar-refractivity contribution >= 4 is 21.6 Å². The Morgan fingerprint density at radius 3 is 2.58 bits per heavy atom. The Balaban J connectivity index is 1.47. The van der Waals surface area contributed by atoms with E-state index in [1.54, 1.807) is 23.5 Å². The Kier molecular flexibility index (Phi) is 5.79. The summed E-state index contributed by atoms with van der Waals surface area (Å²) >= 11 is 0. The highest BCUT2D eigenvalue weighted by Crippen LogP contribution is 2.18. The fourth-order valence-corrected chi connectivity index (χ4v) is 4.47. The third-order valence-corrected chi connectivity index (χ3v) is 6.37. The number of carbonyl (C=O) groups is 1. The van der Waals surface area contributed by atoms with Crippen molar-refractivity contribution in [3.8, 4) is 0 Å². The van der Waals surface area contributed by atoms with E-state index in [4.69, 9.17) is 0 Å². The van der Waals surface area contributed by atoms with Crippen LogP contribution in [0.3, 0.4) is 0 Å². The molecule has 4 rings (SSSR count). The fraction of sp³-hybridized carbons (Fsp3) is 0.136. The molecular formula is C22H21N5O3S. The highest BCUT2D eigenvalue weighted by Gasteiger charge is 2.20. The lowest BCUT2D eigenvalue weighted by molar-refractivity contribution is 0.0949. The van der Waals surface area contributed by atoms with Crippen molar-refractivity contribution in [2.45, 2.75) is 24.4 Å². The summed E-state index contributed by atoms with van der Waals surface area (Å²) in [6, 6.07) is 20.3. The number of benzene rings is 2. The summed E-state index contributed by atoms with van der Waals surface area (Å²) < 4.78 is 30.1. The Hall–Kier alpha value is -3.56. The quantitative estimate of drug-likeness (QED) is 0.464. The lowest BCUT2D eigenvalue weighted by atomic mass is 10.1. The van der Waals surface area contributed by atoms with Gasteiger partial charge in [-0.2, -0.15) is 0 Å². The number of sulfonamides is 1. The summed E-state index contributed by atoms with van der Waals surface area (Å²) in [6.45, 7) is 1.93. The van der Waals surface area contributed by atoms with Crippen LogP contribution >= 0.6 is 0 Å². The van der Waals surface area contributed by atoms with Crippen molar-refractivity contribution < 1.29 is 13.2 Å². The van der Waals surface area contributed by atoms with Gasteiger partial charge in [0, 0.05) is 17.8 Å². The average Bonchev–Trinajstić information content (AvgIpc) is 3.21. The lowest BCUT2D eigenvalue weighted by Crippen LogP contribution is -2.28. The summed E-state index contributed by atoms with van der Waals surface area (Å²) in [6.07, 6.45) is 1.81. The van der Waals surface area contributed by atoms with Crippen molar-refractivity contribution in [2.75, 3.05) is 0 Å². The monoisotopic (exact) mass is 435 g/mol. The molecule has 9 heteroatoms. The fourth-order valence-electron chi connectivity index (χ4n) is 3.19. The van der Waals surface area contributed by atoms with Crippen LogP contribution in [0, 0.1) is 0 Å². The van der Waals surface area contributed by atoms with Crippen LogP contribution in [-0.4, -0.2) is 28.9 Å². The van der Waals surface area contributed by atoms with E-state index in [2.05, 4.69) is 20.2 Å². The van der Waals surface area contributed by atoms with Gasteiger partial charge in [0.25, 0.3) is 5.91 Å². The van der Waals surface area contributed by atoms with E-state index in [9.17, 15) is 13.2 Å². The van der Waals surface area contributed by atoms with Gasteiger partial charge in [-0.3, -0.25) is 9.20 Å². The predicted molar refractivity (Wildman–Crippen MR) is 116 cm³/mol. The van der Waals surface area contributed by atoms with E-state index >= 15 is 0 Å². The van der Waals surface area contributed by atoms with Crippen molar-refractivity contribution in [1.29, 1.82) is 0 Å². The van der Waals surface area contributed by atoms with Crippen LogP contribution in [0.15, 0.2) is 83.9 Å². The van der Waals surface area contributed by atoms with E-state index in [1.807, 2.05) is 54.7 Å². The SMILES string of the molecule is C[C@@H](NS(=O)(=O)c1cccc(C(=O)NCc2nnc3ccccn23)c1)c1ccccc1. The number of nitrogens with one attached hydrogen (secondary N) is 2. The van der Waals surface area contributed by atoms with E-state index in [1.165, 1.54) is 12.1 Å². The Morgan fingerprint density at radius 2 is 1.77 bits per heavy atom. The molecule has 2 N–H and O–H groups in total. The van der Waals surface area contributed by atoms with Crippen LogP contribution < -0.4 is 10.0 Å². The first kappa shape index (κ1) is 20.7. The third kappa shape index (κ3) is 4.62. The summed E-state index contributed by atoms with van der Waals surface area (Å²) in [4.78, 5) is 12.6. The summed E-state index contributed by atoms with van der Waals surface area (Å²) in [5.74, 6) is 0.173. The molecule has 0 unspecified atom stereocenters. The van der Waals surface area contributed by atoms with Crippen LogP contribution in [0.5, 0.6) is 0 Å². The summed E-state index contributed by atoms with van der Waals surface area (Å²) in [5.41, 5.74) is 1.77. The predicted octanol–water partition coefficient (Wildman–Crippen LogP) is 2.70. The van der Waals surface area contributed by atoms with Crippen LogP contribution in [0.25, 0.3) is 5.65 Å². The second-order valence-corrected chi connectivity index (χ2v) is 8.72. The molecule has 0 aliphatic heterocycles. The lowest BCUT2D eigenvalue weighted by Gasteiger charge is -2.15. The molecule has 1 atom stereocenters. The maximum absolute atomic E-state index is 12.8. The molecule has 0 fully saturated rings. The van der Waals surface area contributed by atoms with E-state index in [0.29, 0.717) is 11.5 Å². The van der Waals surface area contributed by atoms with Gasteiger partial charge in [-0.05, 0) is 42.8 Å². The smallest absolute Gasteiger partial charge is 0.251 e. The molecule has 0 aliphatic carbocycles. The molecule has 0 spiro atoms. The van der Waals surface area contributed by atoms with Crippen LogP contribution in [0.4, 0.5) is 0 Å². The molecule has 2 heterocycles. The highest BCUT2D eigenvalue weighted by atomic mass is 32.2. The molecule has 4 aromatic rings. The summed E-state index contributed by atoms with van der Waals surface area (Å²) in [7, 11) is -3.81. The normalized spacial score (nSPS) is 12.5. The molecule has 0 bridgehead atoms. The molecule has 31 heavy (non-hydrogen) atoms. The number of carbonyl (C=O) groups excluding carboxylic acids is 1. The minimum atomic E-state index is -3.81. The Labute approximate surface area is 180 Å². The Morgan fingerprint density at radius 1 is 1.00 bits per heavy atom. The first-order chi connectivity index (χ1) is 14.9. The molecule has 1 amide bonds. The molecule has 158 valence electrons. The minimum absolute atomic E-state index is 0.0239. The summed E-state index contributed by atoms with van der Waals surface area (Å²) in [5, 5.41) is 10.9. The van der Waals surface area contributed by atoms with Gasteiger partial charge in [0.1, 0.15) is 0 Å². The molecular weight excluding hydrogens is 414 g/mol. The minimum Gasteiger partial charge on any atom is -0.345 e. The standard InChI is InChI=1S/C22H21N5O3S/c1-16(17-8-3-2-4-9-17)26-31(29,30)19-11-7-10-18(14-19)22(28)23-15-21-25-24-20-12-5-6-13-27(20)21/h2-14,16,26H,15H2,1H3,(H,23,28)/t16-/m1/s1. The number of rotatable bonds is 7. The van der Waals surface area contributed by atoms with Crippen molar-refractivity contribution in [3.05, 3.63) is 95.9 Å². The molecule has 2 aromatic heterocycles. The topological polar surface area (TPSA) is 105 Å². The third-order valence-electron chi connectivity index (χ3n) is 4.83. The first-order valence-electron chi connectivity index (χ1n) is 9.68. The van der Waals surface area contributed by atoms with Crippen molar-refractivity contribution in [3.63, 3.8) is 0 Å². The molecule has 0 aliphatic rings. The average molecular weight is 436 g/mol. The number of amides is 1. The van der Waals surface area contributed by atoms with Gasteiger partial charge in [-0.25, -0.2) is 13.1 Å². The zero-order chi connectivity index (χ0) is 21.8. The number of pyridine rings is 1. The molecule has 0 radical (unpaired) electrons. The van der Waals surface area contributed by atoms with Crippen molar-refractivity contribution in [2.24, 2.45) is 0 Å². The van der Waals surface area contributed by atoms with Gasteiger partial charge in [0.05, 0.1) is 11.4 Å². The zero-order valence-electron chi connectivity index (χ0n) is 16.8.